The monoisotopic (exact) mass is 235 g/mol. The zero-order valence-electron chi connectivity index (χ0n) is 9.33. The number of alkyl halides is 3. The average molecular weight is 235 g/mol. The molecule has 0 radical (unpaired) electrons. The van der Waals surface area contributed by atoms with Crippen molar-refractivity contribution in [3.05, 3.63) is 18.2 Å². The van der Waals surface area contributed by atoms with Gasteiger partial charge in [-0.1, -0.05) is 13.8 Å². The Kier molecular flexibility index (Phi) is 3.96. The van der Waals surface area contributed by atoms with Gasteiger partial charge in [0, 0.05) is 18.7 Å². The number of nitrogens with zero attached hydrogens (tertiary/aromatic N) is 2. The zero-order valence-corrected chi connectivity index (χ0v) is 9.33. The first-order valence-corrected chi connectivity index (χ1v) is 5.12. The van der Waals surface area contributed by atoms with Gasteiger partial charge < -0.3 is 10.3 Å². The molecule has 0 fully saturated rings. The van der Waals surface area contributed by atoms with E-state index in [-0.39, 0.29) is 11.8 Å². The first-order valence-electron chi connectivity index (χ1n) is 5.12. The van der Waals surface area contributed by atoms with Gasteiger partial charge in [-0.25, -0.2) is 4.98 Å². The molecule has 2 N–H and O–H groups in total. The van der Waals surface area contributed by atoms with E-state index in [9.17, 15) is 13.2 Å². The van der Waals surface area contributed by atoms with Gasteiger partial charge in [-0.15, -0.1) is 0 Å². The summed E-state index contributed by atoms with van der Waals surface area (Å²) in [7, 11) is 0. The van der Waals surface area contributed by atoms with Gasteiger partial charge in [0.1, 0.15) is 6.54 Å². The van der Waals surface area contributed by atoms with Gasteiger partial charge in [-0.2, -0.15) is 13.2 Å². The molecule has 0 aliphatic rings. The van der Waals surface area contributed by atoms with Crippen molar-refractivity contribution in [2.24, 2.45) is 11.7 Å². The minimum absolute atomic E-state index is 0.00878. The number of halogens is 3. The lowest BCUT2D eigenvalue weighted by Crippen LogP contribution is -2.19. The number of imidazole rings is 1. The van der Waals surface area contributed by atoms with Crippen LogP contribution in [-0.2, 0) is 6.54 Å². The van der Waals surface area contributed by atoms with Crippen LogP contribution in [0.25, 0.3) is 0 Å². The third-order valence-corrected chi connectivity index (χ3v) is 2.45. The van der Waals surface area contributed by atoms with Crippen LogP contribution in [0.2, 0.25) is 0 Å². The summed E-state index contributed by atoms with van der Waals surface area (Å²) in [5.41, 5.74) is 6.20. The molecule has 1 aromatic rings. The summed E-state index contributed by atoms with van der Waals surface area (Å²) in [5.74, 6) is 0.272. The van der Waals surface area contributed by atoms with Crippen LogP contribution in [0.4, 0.5) is 13.2 Å². The molecule has 1 aromatic heterocycles. The minimum atomic E-state index is -4.21. The Morgan fingerprint density at radius 2 is 2.06 bits per heavy atom. The molecule has 16 heavy (non-hydrogen) atoms. The van der Waals surface area contributed by atoms with Gasteiger partial charge in [0.15, 0.2) is 0 Å². The second-order valence-electron chi connectivity index (χ2n) is 4.17. The van der Waals surface area contributed by atoms with Crippen molar-refractivity contribution in [1.29, 1.82) is 0 Å². The molecular formula is C10H16F3N3. The van der Waals surface area contributed by atoms with Crippen molar-refractivity contribution in [1.82, 2.24) is 9.55 Å². The molecular weight excluding hydrogens is 219 g/mol. The number of hydrogen-bond donors (Lipinski definition) is 1. The predicted molar refractivity (Wildman–Crippen MR) is 54.9 cm³/mol. The van der Waals surface area contributed by atoms with Crippen LogP contribution in [0.3, 0.4) is 0 Å². The largest absolute Gasteiger partial charge is 0.406 e. The zero-order chi connectivity index (χ0) is 12.3. The number of aromatic nitrogens is 2. The summed E-state index contributed by atoms with van der Waals surface area (Å²) in [4.78, 5) is 3.98. The highest BCUT2D eigenvalue weighted by molar-refractivity contribution is 5.06. The topological polar surface area (TPSA) is 43.8 Å². The molecule has 0 aromatic carbocycles. The first kappa shape index (κ1) is 13.0. The highest BCUT2D eigenvalue weighted by atomic mass is 19.4. The van der Waals surface area contributed by atoms with Gasteiger partial charge in [0.2, 0.25) is 0 Å². The summed E-state index contributed by atoms with van der Waals surface area (Å²) in [6.07, 6.45) is -1.59. The molecule has 1 heterocycles. The van der Waals surface area contributed by atoms with Gasteiger partial charge >= 0.3 is 6.18 Å². The first-order chi connectivity index (χ1) is 7.33. The lowest BCUT2D eigenvalue weighted by atomic mass is 9.93. The fourth-order valence-corrected chi connectivity index (χ4v) is 1.60. The summed E-state index contributed by atoms with van der Waals surface area (Å²) in [5, 5.41) is 0. The van der Waals surface area contributed by atoms with Crippen molar-refractivity contribution in [3.63, 3.8) is 0 Å². The second-order valence-corrected chi connectivity index (χ2v) is 4.17. The van der Waals surface area contributed by atoms with E-state index in [0.29, 0.717) is 12.2 Å². The predicted octanol–water partition coefficient (Wildman–Crippen LogP) is 2.14. The summed E-state index contributed by atoms with van der Waals surface area (Å²) in [6, 6.07) is 0. The molecule has 1 unspecified atom stereocenters. The summed E-state index contributed by atoms with van der Waals surface area (Å²) >= 11 is 0. The van der Waals surface area contributed by atoms with E-state index in [1.807, 2.05) is 13.8 Å². The van der Waals surface area contributed by atoms with Gasteiger partial charge in [0.25, 0.3) is 0 Å². The van der Waals surface area contributed by atoms with E-state index in [4.69, 9.17) is 5.73 Å². The Morgan fingerprint density at radius 3 is 2.50 bits per heavy atom. The lowest BCUT2D eigenvalue weighted by Gasteiger charge is -2.15. The standard InChI is InChI=1S/C10H16F3N3/c1-7(2)8(3-14)9-4-16(6-15-9)5-10(11,12)13/h4,6-8H,3,5,14H2,1-2H3. The van der Waals surface area contributed by atoms with Crippen LogP contribution in [0, 0.1) is 5.92 Å². The Labute approximate surface area is 92.5 Å². The minimum Gasteiger partial charge on any atom is -0.330 e. The van der Waals surface area contributed by atoms with E-state index < -0.39 is 12.7 Å². The van der Waals surface area contributed by atoms with Crippen LogP contribution < -0.4 is 5.73 Å². The Morgan fingerprint density at radius 1 is 1.44 bits per heavy atom. The molecule has 0 spiro atoms. The van der Waals surface area contributed by atoms with E-state index in [1.54, 1.807) is 0 Å². The molecule has 0 saturated heterocycles. The molecule has 3 nitrogen and oxygen atoms in total. The summed E-state index contributed by atoms with van der Waals surface area (Å²) < 4.78 is 37.4. The van der Waals surface area contributed by atoms with Crippen molar-refractivity contribution in [3.8, 4) is 0 Å². The third kappa shape index (κ3) is 3.52. The van der Waals surface area contributed by atoms with Crippen molar-refractivity contribution >= 4 is 0 Å². The average Bonchev–Trinajstić information content (AvgIpc) is 2.50. The molecule has 0 bridgehead atoms. The van der Waals surface area contributed by atoms with Crippen LogP contribution in [0.15, 0.2) is 12.5 Å². The highest BCUT2D eigenvalue weighted by Gasteiger charge is 2.28. The Hall–Kier alpha value is -1.04. The molecule has 0 aliphatic heterocycles. The number of nitrogens with two attached hydrogens (primary N) is 1. The number of rotatable bonds is 4. The van der Waals surface area contributed by atoms with Crippen molar-refractivity contribution in [2.45, 2.75) is 32.5 Å². The van der Waals surface area contributed by atoms with E-state index in [2.05, 4.69) is 4.98 Å². The Bertz CT molecular complexity index is 330. The van der Waals surface area contributed by atoms with Crippen LogP contribution in [-0.4, -0.2) is 22.3 Å². The molecule has 1 rings (SSSR count). The highest BCUT2D eigenvalue weighted by Crippen LogP contribution is 2.23. The van der Waals surface area contributed by atoms with E-state index in [1.165, 1.54) is 12.5 Å². The maximum absolute atomic E-state index is 12.1. The van der Waals surface area contributed by atoms with Gasteiger partial charge in [-0.05, 0) is 5.92 Å². The van der Waals surface area contributed by atoms with Crippen LogP contribution >= 0.6 is 0 Å². The molecule has 0 amide bonds. The Balaban J connectivity index is 2.78. The van der Waals surface area contributed by atoms with Crippen molar-refractivity contribution in [2.75, 3.05) is 6.54 Å². The molecule has 92 valence electrons. The molecule has 1 atom stereocenters. The van der Waals surface area contributed by atoms with Gasteiger partial charge in [-0.3, -0.25) is 0 Å². The molecule has 6 heteroatoms. The molecule has 0 saturated carbocycles. The van der Waals surface area contributed by atoms with E-state index >= 15 is 0 Å². The maximum atomic E-state index is 12.1. The smallest absolute Gasteiger partial charge is 0.330 e. The van der Waals surface area contributed by atoms with Crippen LogP contribution in [0.1, 0.15) is 25.5 Å². The van der Waals surface area contributed by atoms with Crippen molar-refractivity contribution < 1.29 is 13.2 Å². The third-order valence-electron chi connectivity index (χ3n) is 2.45. The maximum Gasteiger partial charge on any atom is 0.406 e. The normalized spacial score (nSPS) is 14.4. The lowest BCUT2D eigenvalue weighted by molar-refractivity contribution is -0.140. The fraction of sp³-hybridized carbons (Fsp3) is 0.700. The fourth-order valence-electron chi connectivity index (χ4n) is 1.60. The number of hydrogen-bond acceptors (Lipinski definition) is 2. The second kappa shape index (κ2) is 4.86. The van der Waals surface area contributed by atoms with Crippen LogP contribution in [0.5, 0.6) is 0 Å². The molecule has 0 aliphatic carbocycles. The quantitative estimate of drug-likeness (QED) is 0.869. The summed E-state index contributed by atoms with van der Waals surface area (Å²) in [6.45, 7) is 3.33. The van der Waals surface area contributed by atoms with Gasteiger partial charge in [0.05, 0.1) is 12.0 Å². The van der Waals surface area contributed by atoms with E-state index in [0.717, 1.165) is 4.57 Å². The SMILES string of the molecule is CC(C)C(CN)c1cn(CC(F)(F)F)cn1.